The summed E-state index contributed by atoms with van der Waals surface area (Å²) in [6.07, 6.45) is 3.22. The van der Waals surface area contributed by atoms with E-state index in [0.29, 0.717) is 28.3 Å². The predicted octanol–water partition coefficient (Wildman–Crippen LogP) is 2.57. The molecule has 3 N–H and O–H groups in total. The minimum atomic E-state index is -0.370. The molecule has 6 heteroatoms. The first-order valence-electron chi connectivity index (χ1n) is 6.21. The number of hydrogen-bond acceptors (Lipinski definition) is 3. The van der Waals surface area contributed by atoms with Crippen molar-refractivity contribution in [2.45, 2.75) is 25.3 Å². The Morgan fingerprint density at radius 2 is 2.21 bits per heavy atom. The number of halogens is 2. The Morgan fingerprint density at radius 3 is 2.68 bits per heavy atom. The Balaban J connectivity index is 2.37. The van der Waals surface area contributed by atoms with Gasteiger partial charge >= 0.3 is 0 Å². The summed E-state index contributed by atoms with van der Waals surface area (Å²) in [6, 6.07) is 3.71. The highest BCUT2D eigenvalue weighted by atomic mass is 79.9. The Hall–Kier alpha value is -0.720. The van der Waals surface area contributed by atoms with Crippen LogP contribution in [0.25, 0.3) is 0 Å². The van der Waals surface area contributed by atoms with Gasteiger partial charge in [0.05, 0.1) is 16.8 Å². The summed E-state index contributed by atoms with van der Waals surface area (Å²) in [5.41, 5.74) is 6.53. The van der Waals surface area contributed by atoms with Crippen LogP contribution in [-0.2, 0) is 0 Å². The molecule has 19 heavy (non-hydrogen) atoms. The van der Waals surface area contributed by atoms with Crippen LogP contribution in [0.4, 0.5) is 10.1 Å². The van der Waals surface area contributed by atoms with Gasteiger partial charge in [-0.1, -0.05) is 12.2 Å². The topological polar surface area (TPSA) is 49.5 Å². The Kier molecular flexibility index (Phi) is 4.76. The number of benzene rings is 1. The van der Waals surface area contributed by atoms with Crippen molar-refractivity contribution in [3.05, 3.63) is 28.0 Å². The fraction of sp³-hybridized carbons (Fsp3) is 0.462. The molecule has 1 saturated carbocycles. The molecular weight excluding hydrogens is 331 g/mol. The smallest absolute Gasteiger partial charge is 0.161 e. The minimum absolute atomic E-state index is 0.00457. The molecule has 0 aliphatic heterocycles. The molecule has 0 unspecified atom stereocenters. The normalized spacial score (nSPS) is 15.1. The molecule has 0 radical (unpaired) electrons. The second kappa shape index (κ2) is 6.15. The number of rotatable bonds is 5. The van der Waals surface area contributed by atoms with Gasteiger partial charge < -0.3 is 15.7 Å². The molecule has 1 fully saturated rings. The van der Waals surface area contributed by atoms with Crippen LogP contribution >= 0.6 is 28.1 Å². The molecule has 104 valence electrons. The van der Waals surface area contributed by atoms with Crippen LogP contribution in [-0.4, -0.2) is 29.3 Å². The standard InChI is InChI=1S/C13H16BrFN2OS/c14-11-9(13(16)19)4-5-10(12(11)15)17(6-7-18)8-2-1-3-8/h4-5,8,18H,1-3,6-7H2,(H2,16,19). The van der Waals surface area contributed by atoms with Crippen molar-refractivity contribution in [3.8, 4) is 0 Å². The fourth-order valence-corrected chi connectivity index (χ4v) is 3.11. The summed E-state index contributed by atoms with van der Waals surface area (Å²) in [4.78, 5) is 2.09. The van der Waals surface area contributed by atoms with Crippen LogP contribution < -0.4 is 10.6 Å². The van der Waals surface area contributed by atoms with E-state index in [1.807, 2.05) is 4.90 Å². The second-order valence-corrected chi connectivity index (χ2v) is 5.86. The van der Waals surface area contributed by atoms with Crippen LogP contribution in [0.5, 0.6) is 0 Å². The fourth-order valence-electron chi connectivity index (χ4n) is 2.26. The van der Waals surface area contributed by atoms with Crippen LogP contribution in [0.1, 0.15) is 24.8 Å². The molecule has 0 atom stereocenters. The molecule has 3 nitrogen and oxygen atoms in total. The van der Waals surface area contributed by atoms with E-state index < -0.39 is 0 Å². The number of nitrogens with zero attached hydrogens (tertiary/aromatic N) is 1. The average molecular weight is 347 g/mol. The van der Waals surface area contributed by atoms with E-state index >= 15 is 0 Å². The zero-order valence-electron chi connectivity index (χ0n) is 10.4. The molecule has 0 spiro atoms. The van der Waals surface area contributed by atoms with Gasteiger partial charge in [0.1, 0.15) is 4.99 Å². The van der Waals surface area contributed by atoms with E-state index in [1.165, 1.54) is 0 Å². The third kappa shape index (κ3) is 2.90. The molecular formula is C13H16BrFN2OS. The molecule has 1 aromatic carbocycles. The van der Waals surface area contributed by atoms with Crippen LogP contribution in [0.2, 0.25) is 0 Å². The van der Waals surface area contributed by atoms with Crippen molar-refractivity contribution in [1.82, 2.24) is 0 Å². The van der Waals surface area contributed by atoms with Gasteiger partial charge in [-0.3, -0.25) is 0 Å². The van der Waals surface area contributed by atoms with Gasteiger partial charge in [-0.25, -0.2) is 4.39 Å². The van der Waals surface area contributed by atoms with E-state index in [4.69, 9.17) is 23.1 Å². The SMILES string of the molecule is NC(=S)c1ccc(N(CCO)C2CCC2)c(F)c1Br. The van der Waals surface area contributed by atoms with Crippen LogP contribution in [0.15, 0.2) is 16.6 Å². The Bertz CT molecular complexity index is 494. The molecule has 1 aliphatic rings. The number of aliphatic hydroxyl groups excluding tert-OH is 1. The lowest BCUT2D eigenvalue weighted by atomic mass is 9.91. The van der Waals surface area contributed by atoms with Gasteiger partial charge in [-0.05, 0) is 47.3 Å². The van der Waals surface area contributed by atoms with E-state index in [9.17, 15) is 4.39 Å². The maximum absolute atomic E-state index is 14.4. The summed E-state index contributed by atoms with van der Waals surface area (Å²) in [5.74, 6) is -0.370. The number of anilines is 1. The van der Waals surface area contributed by atoms with Gasteiger partial charge in [0.25, 0.3) is 0 Å². The second-order valence-electron chi connectivity index (χ2n) is 4.63. The van der Waals surface area contributed by atoms with Crippen LogP contribution in [0.3, 0.4) is 0 Å². The quantitative estimate of drug-likeness (QED) is 0.804. The zero-order chi connectivity index (χ0) is 14.0. The molecule has 0 heterocycles. The van der Waals surface area contributed by atoms with Gasteiger partial charge in [0.15, 0.2) is 5.82 Å². The van der Waals surface area contributed by atoms with Gasteiger partial charge in [-0.2, -0.15) is 0 Å². The van der Waals surface area contributed by atoms with Crippen molar-refractivity contribution in [2.24, 2.45) is 5.73 Å². The highest BCUT2D eigenvalue weighted by Crippen LogP contribution is 2.34. The highest BCUT2D eigenvalue weighted by molar-refractivity contribution is 9.10. The zero-order valence-corrected chi connectivity index (χ0v) is 12.8. The molecule has 0 saturated heterocycles. The first kappa shape index (κ1) is 14.7. The summed E-state index contributed by atoms with van der Waals surface area (Å²) in [6.45, 7) is 0.436. The lowest BCUT2D eigenvalue weighted by molar-refractivity contribution is 0.282. The van der Waals surface area contributed by atoms with E-state index in [1.54, 1.807) is 12.1 Å². The average Bonchev–Trinajstić information content (AvgIpc) is 2.29. The number of hydrogen-bond donors (Lipinski definition) is 2. The first-order chi connectivity index (χ1) is 9.06. The largest absolute Gasteiger partial charge is 0.395 e. The van der Waals surface area contributed by atoms with Crippen molar-refractivity contribution < 1.29 is 9.50 Å². The Labute approximate surface area is 125 Å². The lowest BCUT2D eigenvalue weighted by Gasteiger charge is -2.39. The number of aliphatic hydroxyl groups is 1. The summed E-state index contributed by atoms with van der Waals surface area (Å²) < 4.78 is 14.7. The van der Waals surface area contributed by atoms with E-state index in [-0.39, 0.29) is 17.4 Å². The third-order valence-corrected chi connectivity index (χ3v) is 4.49. The monoisotopic (exact) mass is 346 g/mol. The molecule has 0 aromatic heterocycles. The maximum Gasteiger partial charge on any atom is 0.161 e. The third-order valence-electron chi connectivity index (χ3n) is 3.49. The van der Waals surface area contributed by atoms with E-state index in [0.717, 1.165) is 19.3 Å². The molecule has 1 aliphatic carbocycles. The number of thiocarbonyl (C=S) groups is 1. The van der Waals surface area contributed by atoms with Crippen molar-refractivity contribution >= 4 is 38.8 Å². The first-order valence-corrected chi connectivity index (χ1v) is 7.41. The summed E-state index contributed by atoms with van der Waals surface area (Å²) in [5, 5.41) is 9.15. The van der Waals surface area contributed by atoms with Crippen molar-refractivity contribution in [3.63, 3.8) is 0 Å². The minimum Gasteiger partial charge on any atom is -0.395 e. The van der Waals surface area contributed by atoms with Gasteiger partial charge in [0.2, 0.25) is 0 Å². The summed E-state index contributed by atoms with van der Waals surface area (Å²) >= 11 is 8.09. The highest BCUT2D eigenvalue weighted by Gasteiger charge is 2.27. The lowest BCUT2D eigenvalue weighted by Crippen LogP contribution is -2.42. The molecule has 2 rings (SSSR count). The molecule has 0 bridgehead atoms. The van der Waals surface area contributed by atoms with Crippen molar-refractivity contribution in [2.75, 3.05) is 18.1 Å². The molecule has 0 amide bonds. The maximum atomic E-state index is 14.4. The van der Waals surface area contributed by atoms with Crippen molar-refractivity contribution in [1.29, 1.82) is 0 Å². The van der Waals surface area contributed by atoms with Gasteiger partial charge in [-0.15, -0.1) is 0 Å². The van der Waals surface area contributed by atoms with Crippen LogP contribution in [0, 0.1) is 5.82 Å². The summed E-state index contributed by atoms with van der Waals surface area (Å²) in [7, 11) is 0. The Morgan fingerprint density at radius 1 is 1.53 bits per heavy atom. The predicted molar refractivity (Wildman–Crippen MR) is 82.1 cm³/mol. The number of nitrogens with two attached hydrogens (primary N) is 1. The van der Waals surface area contributed by atoms with Gasteiger partial charge in [0, 0.05) is 18.2 Å². The van der Waals surface area contributed by atoms with E-state index in [2.05, 4.69) is 15.9 Å². The molecule has 1 aromatic rings.